The van der Waals surface area contributed by atoms with Crippen molar-refractivity contribution < 1.29 is 14.3 Å². The number of carbonyl (C=O) groups excluding carboxylic acids is 1. The summed E-state index contributed by atoms with van der Waals surface area (Å²) in [6.07, 6.45) is 2.90. The van der Waals surface area contributed by atoms with Gasteiger partial charge in [-0.05, 0) is 25.3 Å². The van der Waals surface area contributed by atoms with Crippen molar-refractivity contribution in [2.45, 2.75) is 26.2 Å². The highest BCUT2D eigenvalue weighted by atomic mass is 16.5. The third-order valence-electron chi connectivity index (χ3n) is 2.63. The Kier molecular flexibility index (Phi) is 2.25. The lowest BCUT2D eigenvalue weighted by molar-refractivity contribution is -0.147. The maximum atomic E-state index is 11.5. The molecule has 0 bridgehead atoms. The van der Waals surface area contributed by atoms with E-state index in [0.29, 0.717) is 6.61 Å². The largest absolute Gasteiger partial charge is 0.497 e. The van der Waals surface area contributed by atoms with Crippen molar-refractivity contribution in [2.75, 3.05) is 13.2 Å². The van der Waals surface area contributed by atoms with Gasteiger partial charge in [0.15, 0.2) is 0 Å². The molecular weight excluding hydrogens is 168 g/mol. The Morgan fingerprint density at radius 1 is 1.62 bits per heavy atom. The Morgan fingerprint density at radius 2 is 2.46 bits per heavy atom. The number of esters is 1. The zero-order valence-corrected chi connectivity index (χ0v) is 7.84. The van der Waals surface area contributed by atoms with E-state index in [1.165, 1.54) is 5.57 Å². The van der Waals surface area contributed by atoms with Gasteiger partial charge in [-0.1, -0.05) is 0 Å². The summed E-state index contributed by atoms with van der Waals surface area (Å²) in [6.45, 7) is 3.04. The highest BCUT2D eigenvalue weighted by molar-refractivity contribution is 5.76. The minimum absolute atomic E-state index is 0.0996. The second kappa shape index (κ2) is 3.40. The molecule has 2 rings (SSSR count). The highest BCUT2D eigenvalue weighted by Crippen LogP contribution is 2.39. The first-order valence-corrected chi connectivity index (χ1v) is 4.84. The second-order valence-electron chi connectivity index (χ2n) is 3.41. The lowest BCUT2D eigenvalue weighted by Gasteiger charge is -2.11. The van der Waals surface area contributed by atoms with Gasteiger partial charge in [0.1, 0.15) is 11.7 Å². The van der Waals surface area contributed by atoms with Crippen LogP contribution in [0.5, 0.6) is 0 Å². The van der Waals surface area contributed by atoms with Crippen LogP contribution in [0.25, 0.3) is 0 Å². The second-order valence-corrected chi connectivity index (χ2v) is 3.41. The van der Waals surface area contributed by atoms with E-state index in [1.54, 1.807) is 0 Å². The average molecular weight is 182 g/mol. The van der Waals surface area contributed by atoms with E-state index in [9.17, 15) is 4.79 Å². The molecule has 1 heterocycles. The summed E-state index contributed by atoms with van der Waals surface area (Å²) >= 11 is 0. The van der Waals surface area contributed by atoms with E-state index in [-0.39, 0.29) is 11.9 Å². The summed E-state index contributed by atoms with van der Waals surface area (Å²) in [5.41, 5.74) is 1.33. The number of ether oxygens (including phenoxy) is 2. The zero-order valence-electron chi connectivity index (χ0n) is 7.84. The summed E-state index contributed by atoms with van der Waals surface area (Å²) in [7, 11) is 0. The van der Waals surface area contributed by atoms with E-state index in [0.717, 1.165) is 31.6 Å². The molecule has 0 unspecified atom stereocenters. The molecule has 0 saturated heterocycles. The Bertz CT molecular complexity index is 255. The topological polar surface area (TPSA) is 35.5 Å². The van der Waals surface area contributed by atoms with Gasteiger partial charge in [-0.2, -0.15) is 0 Å². The molecule has 13 heavy (non-hydrogen) atoms. The number of hydrogen-bond donors (Lipinski definition) is 0. The van der Waals surface area contributed by atoms with Gasteiger partial charge in [-0.15, -0.1) is 0 Å². The lowest BCUT2D eigenvalue weighted by atomic mass is 10.1. The molecular formula is C10H14O3. The van der Waals surface area contributed by atoms with E-state index < -0.39 is 0 Å². The van der Waals surface area contributed by atoms with Crippen LogP contribution in [-0.4, -0.2) is 19.2 Å². The fourth-order valence-electron chi connectivity index (χ4n) is 2.02. The van der Waals surface area contributed by atoms with Crippen LogP contribution in [0.1, 0.15) is 26.2 Å². The van der Waals surface area contributed by atoms with Crippen molar-refractivity contribution in [1.29, 1.82) is 0 Å². The molecule has 0 aromatic rings. The molecule has 0 fully saturated rings. The van der Waals surface area contributed by atoms with Crippen molar-refractivity contribution in [2.24, 2.45) is 5.92 Å². The summed E-state index contributed by atoms with van der Waals surface area (Å²) in [6, 6.07) is 0. The van der Waals surface area contributed by atoms with Gasteiger partial charge in [-0.25, -0.2) is 0 Å². The normalized spacial score (nSPS) is 25.8. The Labute approximate surface area is 77.7 Å². The molecule has 0 aromatic heterocycles. The standard InChI is InChI=1S/C10H14O3/c1-2-12-10(11)8-4-3-7-5-6-13-9(7)8/h8H,2-6H2,1H3/t8-/m0/s1. The maximum Gasteiger partial charge on any atom is 0.316 e. The molecule has 0 amide bonds. The molecule has 1 aliphatic carbocycles. The molecule has 0 aromatic carbocycles. The molecule has 0 N–H and O–H groups in total. The summed E-state index contributed by atoms with van der Waals surface area (Å²) in [4.78, 5) is 11.5. The van der Waals surface area contributed by atoms with Crippen LogP contribution in [-0.2, 0) is 14.3 Å². The molecule has 3 nitrogen and oxygen atoms in total. The molecule has 0 saturated carbocycles. The van der Waals surface area contributed by atoms with Crippen molar-refractivity contribution in [3.05, 3.63) is 11.3 Å². The molecule has 2 aliphatic rings. The predicted molar refractivity (Wildman–Crippen MR) is 47.0 cm³/mol. The van der Waals surface area contributed by atoms with E-state index in [1.807, 2.05) is 6.92 Å². The first-order chi connectivity index (χ1) is 6.33. The predicted octanol–water partition coefficient (Wildman–Crippen LogP) is 1.63. The van der Waals surface area contributed by atoms with Crippen LogP contribution >= 0.6 is 0 Å². The monoisotopic (exact) mass is 182 g/mol. The fourth-order valence-corrected chi connectivity index (χ4v) is 2.02. The van der Waals surface area contributed by atoms with Crippen molar-refractivity contribution in [1.82, 2.24) is 0 Å². The SMILES string of the molecule is CCOC(=O)[C@H]1CCC2=C1OCC2. The van der Waals surface area contributed by atoms with Crippen LogP contribution in [0.3, 0.4) is 0 Å². The van der Waals surface area contributed by atoms with Crippen LogP contribution in [0, 0.1) is 5.92 Å². The van der Waals surface area contributed by atoms with Crippen molar-refractivity contribution in [3.63, 3.8) is 0 Å². The van der Waals surface area contributed by atoms with E-state index in [4.69, 9.17) is 9.47 Å². The zero-order chi connectivity index (χ0) is 9.26. The van der Waals surface area contributed by atoms with Crippen LogP contribution in [0.15, 0.2) is 11.3 Å². The van der Waals surface area contributed by atoms with Crippen molar-refractivity contribution >= 4 is 5.97 Å². The van der Waals surface area contributed by atoms with E-state index >= 15 is 0 Å². The molecule has 1 atom stereocenters. The van der Waals surface area contributed by atoms with Gasteiger partial charge in [0, 0.05) is 6.42 Å². The first-order valence-electron chi connectivity index (χ1n) is 4.84. The molecule has 72 valence electrons. The van der Waals surface area contributed by atoms with Gasteiger partial charge in [0.25, 0.3) is 0 Å². The lowest BCUT2D eigenvalue weighted by Crippen LogP contribution is -2.18. The van der Waals surface area contributed by atoms with Crippen LogP contribution < -0.4 is 0 Å². The third kappa shape index (κ3) is 1.43. The average Bonchev–Trinajstić information content (AvgIpc) is 2.62. The van der Waals surface area contributed by atoms with E-state index in [2.05, 4.69) is 0 Å². The third-order valence-corrected chi connectivity index (χ3v) is 2.63. The smallest absolute Gasteiger partial charge is 0.316 e. The summed E-state index contributed by atoms with van der Waals surface area (Å²) < 4.78 is 10.4. The van der Waals surface area contributed by atoms with Gasteiger partial charge in [-0.3, -0.25) is 4.79 Å². The summed E-state index contributed by atoms with van der Waals surface area (Å²) in [5, 5.41) is 0. The molecule has 1 aliphatic heterocycles. The molecule has 0 spiro atoms. The quantitative estimate of drug-likeness (QED) is 0.609. The Hall–Kier alpha value is -0.990. The fraction of sp³-hybridized carbons (Fsp3) is 0.700. The van der Waals surface area contributed by atoms with Crippen LogP contribution in [0.4, 0.5) is 0 Å². The minimum atomic E-state index is -0.116. The maximum absolute atomic E-state index is 11.5. The van der Waals surface area contributed by atoms with Gasteiger partial charge >= 0.3 is 5.97 Å². The van der Waals surface area contributed by atoms with Gasteiger partial charge in [0.05, 0.1) is 13.2 Å². The minimum Gasteiger partial charge on any atom is -0.497 e. The molecule has 0 radical (unpaired) electrons. The molecule has 3 heteroatoms. The number of rotatable bonds is 2. The highest BCUT2D eigenvalue weighted by Gasteiger charge is 2.36. The van der Waals surface area contributed by atoms with Gasteiger partial charge < -0.3 is 9.47 Å². The number of carbonyl (C=O) groups is 1. The van der Waals surface area contributed by atoms with Crippen LogP contribution in [0.2, 0.25) is 0 Å². The first kappa shape index (κ1) is 8.60. The Morgan fingerprint density at radius 3 is 3.23 bits per heavy atom. The summed E-state index contributed by atoms with van der Waals surface area (Å²) in [5.74, 6) is 0.699. The number of hydrogen-bond acceptors (Lipinski definition) is 3. The van der Waals surface area contributed by atoms with Gasteiger partial charge in [0.2, 0.25) is 0 Å². The Balaban J connectivity index is 2.05. The van der Waals surface area contributed by atoms with Crippen molar-refractivity contribution in [3.8, 4) is 0 Å².